The van der Waals surface area contributed by atoms with E-state index in [1.54, 1.807) is 25.2 Å². The summed E-state index contributed by atoms with van der Waals surface area (Å²) in [6.45, 7) is 5.18. The summed E-state index contributed by atoms with van der Waals surface area (Å²) in [5.41, 5.74) is 2.28. The van der Waals surface area contributed by atoms with Gasteiger partial charge in [-0.1, -0.05) is 13.8 Å². The average molecular weight is 447 g/mol. The molecule has 0 atom stereocenters. The molecule has 0 fully saturated rings. The van der Waals surface area contributed by atoms with Gasteiger partial charge in [-0.15, -0.1) is 0 Å². The van der Waals surface area contributed by atoms with Gasteiger partial charge in [0.05, 0.1) is 16.4 Å². The summed E-state index contributed by atoms with van der Waals surface area (Å²) in [6.07, 6.45) is 0.658. The van der Waals surface area contributed by atoms with E-state index >= 15 is 0 Å². The molecule has 2 aromatic carbocycles. The SMILES string of the molecule is CCN(CC)S(=O)(=O)c1ccc2c(c1)CCN2CC(=O)N(C)c1ccc([N+](=O)[O-])cc1. The lowest BCUT2D eigenvalue weighted by Gasteiger charge is -2.24. The molecule has 3 rings (SSSR count). The maximum Gasteiger partial charge on any atom is 0.269 e. The first-order valence-corrected chi connectivity index (χ1v) is 11.5. The minimum Gasteiger partial charge on any atom is -0.362 e. The predicted octanol–water partition coefficient (Wildman–Crippen LogP) is 2.65. The fourth-order valence-corrected chi connectivity index (χ4v) is 5.20. The highest BCUT2D eigenvalue weighted by atomic mass is 32.2. The van der Waals surface area contributed by atoms with Crippen molar-refractivity contribution in [2.24, 2.45) is 0 Å². The summed E-state index contributed by atoms with van der Waals surface area (Å²) < 4.78 is 27.0. The summed E-state index contributed by atoms with van der Waals surface area (Å²) in [5.74, 6) is -0.165. The van der Waals surface area contributed by atoms with Crippen molar-refractivity contribution < 1.29 is 18.1 Å². The van der Waals surface area contributed by atoms with Crippen LogP contribution in [0.1, 0.15) is 19.4 Å². The second kappa shape index (κ2) is 9.03. The van der Waals surface area contributed by atoms with Crippen molar-refractivity contribution in [1.29, 1.82) is 0 Å². The van der Waals surface area contributed by atoms with Gasteiger partial charge in [0.15, 0.2) is 0 Å². The normalized spacial score (nSPS) is 13.4. The number of amides is 1. The average Bonchev–Trinajstić information content (AvgIpc) is 3.16. The topological polar surface area (TPSA) is 104 Å². The Bertz CT molecular complexity index is 1080. The first-order valence-electron chi connectivity index (χ1n) is 10.1. The molecule has 1 amide bonds. The summed E-state index contributed by atoms with van der Waals surface area (Å²) >= 11 is 0. The Morgan fingerprint density at radius 3 is 2.35 bits per heavy atom. The van der Waals surface area contributed by atoms with Gasteiger partial charge in [-0.05, 0) is 42.3 Å². The monoisotopic (exact) mass is 446 g/mol. The zero-order valence-corrected chi connectivity index (χ0v) is 18.6. The molecule has 1 heterocycles. The van der Waals surface area contributed by atoms with Crippen LogP contribution < -0.4 is 9.80 Å². The number of carbonyl (C=O) groups excluding carboxylic acids is 1. The molecule has 0 N–H and O–H groups in total. The molecule has 0 unspecified atom stereocenters. The van der Waals surface area contributed by atoms with Crippen LogP contribution in [0.3, 0.4) is 0 Å². The number of nitro benzene ring substituents is 1. The van der Waals surface area contributed by atoms with Crippen LogP contribution in [0.25, 0.3) is 0 Å². The number of fused-ring (bicyclic) bond motifs is 1. The van der Waals surface area contributed by atoms with Crippen LogP contribution in [-0.4, -0.2) is 56.8 Å². The van der Waals surface area contributed by atoms with E-state index in [9.17, 15) is 23.3 Å². The smallest absolute Gasteiger partial charge is 0.269 e. The molecule has 0 aromatic heterocycles. The molecule has 2 aromatic rings. The number of anilines is 2. The van der Waals surface area contributed by atoms with Crippen LogP contribution in [0.5, 0.6) is 0 Å². The quantitative estimate of drug-likeness (QED) is 0.456. The Morgan fingerprint density at radius 2 is 1.77 bits per heavy atom. The molecule has 1 aliphatic heterocycles. The van der Waals surface area contributed by atoms with Gasteiger partial charge in [0.2, 0.25) is 15.9 Å². The maximum absolute atomic E-state index is 12.8. The molecule has 10 heteroatoms. The molecule has 0 radical (unpaired) electrons. The molecule has 0 saturated heterocycles. The fourth-order valence-electron chi connectivity index (χ4n) is 3.70. The van der Waals surface area contributed by atoms with Gasteiger partial charge in [0.1, 0.15) is 0 Å². The highest BCUT2D eigenvalue weighted by Gasteiger charge is 2.27. The number of benzene rings is 2. The number of nitrogens with zero attached hydrogens (tertiary/aromatic N) is 4. The molecule has 0 aliphatic carbocycles. The van der Waals surface area contributed by atoms with E-state index in [-0.39, 0.29) is 23.0 Å². The van der Waals surface area contributed by atoms with Crippen LogP contribution >= 0.6 is 0 Å². The number of nitro groups is 1. The van der Waals surface area contributed by atoms with Gasteiger partial charge in [-0.25, -0.2) is 8.42 Å². The highest BCUT2D eigenvalue weighted by Crippen LogP contribution is 2.31. The van der Waals surface area contributed by atoms with E-state index < -0.39 is 14.9 Å². The van der Waals surface area contributed by atoms with Gasteiger partial charge in [0, 0.05) is 50.2 Å². The Kier molecular flexibility index (Phi) is 6.61. The van der Waals surface area contributed by atoms with Crippen LogP contribution in [0.15, 0.2) is 47.4 Å². The van der Waals surface area contributed by atoms with Crippen molar-refractivity contribution in [3.8, 4) is 0 Å². The predicted molar refractivity (Wildman–Crippen MR) is 119 cm³/mol. The Hall–Kier alpha value is -2.98. The summed E-state index contributed by atoms with van der Waals surface area (Å²) in [4.78, 5) is 26.7. The largest absolute Gasteiger partial charge is 0.362 e. The molecule has 0 spiro atoms. The van der Waals surface area contributed by atoms with Gasteiger partial charge in [0.25, 0.3) is 5.69 Å². The number of hydrogen-bond donors (Lipinski definition) is 0. The minimum absolute atomic E-state index is 0.0338. The molecule has 166 valence electrons. The lowest BCUT2D eigenvalue weighted by Crippen LogP contribution is -2.37. The first-order chi connectivity index (χ1) is 14.7. The van der Waals surface area contributed by atoms with E-state index in [0.29, 0.717) is 31.7 Å². The van der Waals surface area contributed by atoms with E-state index in [2.05, 4.69) is 0 Å². The zero-order chi connectivity index (χ0) is 22.8. The van der Waals surface area contributed by atoms with Crippen molar-refractivity contribution in [2.75, 3.05) is 43.0 Å². The summed E-state index contributed by atoms with van der Waals surface area (Å²) in [7, 11) is -1.91. The molecular weight excluding hydrogens is 420 g/mol. The third-order valence-corrected chi connectivity index (χ3v) is 7.58. The zero-order valence-electron chi connectivity index (χ0n) is 17.8. The lowest BCUT2D eigenvalue weighted by atomic mass is 10.2. The summed E-state index contributed by atoms with van der Waals surface area (Å²) in [5, 5.41) is 10.8. The van der Waals surface area contributed by atoms with Crippen molar-refractivity contribution in [2.45, 2.75) is 25.2 Å². The number of hydrogen-bond acceptors (Lipinski definition) is 6. The maximum atomic E-state index is 12.8. The van der Waals surface area contributed by atoms with Crippen LogP contribution in [-0.2, 0) is 21.2 Å². The van der Waals surface area contributed by atoms with Gasteiger partial charge >= 0.3 is 0 Å². The Labute approximate surface area is 182 Å². The number of likely N-dealkylation sites (N-methyl/N-ethyl adjacent to an activating group) is 1. The van der Waals surface area contributed by atoms with E-state index in [4.69, 9.17) is 0 Å². The van der Waals surface area contributed by atoms with Gasteiger partial charge in [-0.2, -0.15) is 4.31 Å². The summed E-state index contributed by atoms with van der Waals surface area (Å²) in [6, 6.07) is 10.9. The third-order valence-electron chi connectivity index (χ3n) is 5.53. The highest BCUT2D eigenvalue weighted by molar-refractivity contribution is 7.89. The third kappa shape index (κ3) is 4.54. The minimum atomic E-state index is -3.53. The van der Waals surface area contributed by atoms with E-state index in [0.717, 1.165) is 11.3 Å². The lowest BCUT2D eigenvalue weighted by molar-refractivity contribution is -0.384. The van der Waals surface area contributed by atoms with Crippen molar-refractivity contribution >= 4 is 33.0 Å². The first kappa shape index (κ1) is 22.7. The number of carbonyl (C=O) groups is 1. The van der Waals surface area contributed by atoms with Gasteiger partial charge in [-0.3, -0.25) is 14.9 Å². The number of non-ortho nitro benzene ring substituents is 1. The van der Waals surface area contributed by atoms with E-state index in [1.165, 1.54) is 33.5 Å². The molecule has 0 bridgehead atoms. The van der Waals surface area contributed by atoms with Crippen molar-refractivity contribution in [3.05, 3.63) is 58.1 Å². The fraction of sp³-hybridized carbons (Fsp3) is 0.381. The van der Waals surface area contributed by atoms with Gasteiger partial charge < -0.3 is 9.80 Å². The van der Waals surface area contributed by atoms with Crippen LogP contribution in [0.4, 0.5) is 17.1 Å². The second-order valence-corrected chi connectivity index (χ2v) is 9.22. The molecule has 9 nitrogen and oxygen atoms in total. The van der Waals surface area contributed by atoms with Crippen LogP contribution in [0.2, 0.25) is 0 Å². The van der Waals surface area contributed by atoms with Crippen LogP contribution in [0, 0.1) is 10.1 Å². The molecule has 0 saturated carbocycles. The molecule has 31 heavy (non-hydrogen) atoms. The van der Waals surface area contributed by atoms with E-state index in [1.807, 2.05) is 18.7 Å². The molecular formula is C21H26N4O5S. The Balaban J connectivity index is 1.74. The second-order valence-electron chi connectivity index (χ2n) is 7.28. The standard InChI is InChI=1S/C21H26N4O5S/c1-4-24(5-2)31(29,30)19-10-11-20-16(14-19)12-13-23(20)15-21(26)22(3)17-6-8-18(9-7-17)25(27)28/h6-11,14H,4-5,12-13,15H2,1-3H3. The Morgan fingerprint density at radius 1 is 1.13 bits per heavy atom. The number of sulfonamides is 1. The van der Waals surface area contributed by atoms with Crippen molar-refractivity contribution in [3.63, 3.8) is 0 Å². The number of rotatable bonds is 8. The van der Waals surface area contributed by atoms with Crippen molar-refractivity contribution in [1.82, 2.24) is 4.31 Å². The molecule has 1 aliphatic rings.